The van der Waals surface area contributed by atoms with Gasteiger partial charge in [0.2, 0.25) is 5.91 Å². The van der Waals surface area contributed by atoms with E-state index in [2.05, 4.69) is 43.5 Å². The standard InChI is InChI=1S/C61H113NO13/c1-3-5-7-9-11-13-14-15-16-17-18-19-20-21-22-23-24-25-26-27-28-29-30-31-32-33-34-35-36-37-39-41-43-45-53(66)62-49(50(65)44-42-40-38-12-10-8-6-4-2)48-72-60-58(71)56(69)59(52(47-64)74-60)75-61-57(70)55(68)54(67)51(46-63)73-61/h14-15,17-18,42,44,49-52,54-61,63-65,67-71H,3-13,16,19-41,43,45-48H2,1-2H3,(H,62,66)/b15-14-,18-17-,44-42+. The van der Waals surface area contributed by atoms with Crippen molar-refractivity contribution in [3.05, 3.63) is 36.5 Å². The molecule has 440 valence electrons. The van der Waals surface area contributed by atoms with Gasteiger partial charge in [-0.25, -0.2) is 0 Å². The Balaban J connectivity index is 1.57. The molecule has 14 heteroatoms. The maximum Gasteiger partial charge on any atom is 0.220 e. The predicted octanol–water partition coefficient (Wildman–Crippen LogP) is 10.6. The van der Waals surface area contributed by atoms with E-state index in [0.717, 1.165) is 51.4 Å². The second-order valence-electron chi connectivity index (χ2n) is 21.8. The maximum atomic E-state index is 13.2. The normalized spacial score (nSPS) is 25.3. The summed E-state index contributed by atoms with van der Waals surface area (Å²) in [4.78, 5) is 13.2. The third-order valence-electron chi connectivity index (χ3n) is 15.1. The highest BCUT2D eigenvalue weighted by atomic mass is 16.7. The van der Waals surface area contributed by atoms with Crippen LogP contribution < -0.4 is 5.32 Å². The lowest BCUT2D eigenvalue weighted by Gasteiger charge is -2.46. The summed E-state index contributed by atoms with van der Waals surface area (Å²) in [5.74, 6) is -0.240. The zero-order valence-electron chi connectivity index (χ0n) is 47.3. The summed E-state index contributed by atoms with van der Waals surface area (Å²) in [6.45, 7) is 2.74. The van der Waals surface area contributed by atoms with Crippen LogP contribution in [0.1, 0.15) is 251 Å². The van der Waals surface area contributed by atoms with E-state index in [9.17, 15) is 45.6 Å². The summed E-state index contributed by atoms with van der Waals surface area (Å²) in [6.07, 6.45) is 41.0. The van der Waals surface area contributed by atoms with Crippen molar-refractivity contribution in [3.63, 3.8) is 0 Å². The number of hydrogen-bond acceptors (Lipinski definition) is 13. The van der Waals surface area contributed by atoms with Crippen molar-refractivity contribution in [3.8, 4) is 0 Å². The van der Waals surface area contributed by atoms with Crippen molar-refractivity contribution in [1.29, 1.82) is 0 Å². The van der Waals surface area contributed by atoms with Crippen LogP contribution in [0.3, 0.4) is 0 Å². The van der Waals surface area contributed by atoms with Crippen LogP contribution in [0.5, 0.6) is 0 Å². The van der Waals surface area contributed by atoms with Crippen molar-refractivity contribution in [2.75, 3.05) is 19.8 Å². The monoisotopic (exact) mass is 1070 g/mol. The molecule has 1 amide bonds. The number of carbonyl (C=O) groups is 1. The Bertz CT molecular complexity index is 1400. The molecule has 2 rings (SSSR count). The molecule has 2 heterocycles. The minimum absolute atomic E-state index is 0.240. The van der Waals surface area contributed by atoms with Gasteiger partial charge in [-0.3, -0.25) is 4.79 Å². The second-order valence-corrected chi connectivity index (χ2v) is 21.8. The van der Waals surface area contributed by atoms with Crippen LogP contribution in [0.2, 0.25) is 0 Å². The number of ether oxygens (including phenoxy) is 4. The number of unbranched alkanes of at least 4 members (excludes halogenated alkanes) is 32. The Kier molecular flexibility index (Phi) is 43.5. The van der Waals surface area contributed by atoms with Crippen LogP contribution in [-0.4, -0.2) is 140 Å². The van der Waals surface area contributed by atoms with Gasteiger partial charge in [0.25, 0.3) is 0 Å². The van der Waals surface area contributed by atoms with Crippen molar-refractivity contribution >= 4 is 5.91 Å². The van der Waals surface area contributed by atoms with Gasteiger partial charge < -0.3 is 65.1 Å². The molecule has 0 saturated carbocycles. The maximum absolute atomic E-state index is 13.2. The molecule has 0 aromatic heterocycles. The van der Waals surface area contributed by atoms with Crippen LogP contribution in [0.4, 0.5) is 0 Å². The molecule has 9 N–H and O–H groups in total. The summed E-state index contributed by atoms with van der Waals surface area (Å²) in [5, 5.41) is 86.7. The molecule has 0 aromatic rings. The summed E-state index contributed by atoms with van der Waals surface area (Å²) in [7, 11) is 0. The molecular weight excluding hydrogens is 955 g/mol. The number of allylic oxidation sites excluding steroid dienone is 5. The number of aliphatic hydroxyl groups is 8. The average Bonchev–Trinajstić information content (AvgIpc) is 3.41. The van der Waals surface area contributed by atoms with Gasteiger partial charge in [0, 0.05) is 6.42 Å². The fourth-order valence-corrected chi connectivity index (χ4v) is 10.1. The molecule has 0 spiro atoms. The van der Waals surface area contributed by atoms with Crippen LogP contribution in [-0.2, 0) is 23.7 Å². The predicted molar refractivity (Wildman–Crippen MR) is 300 cm³/mol. The first-order valence-electron chi connectivity index (χ1n) is 30.7. The van der Waals surface area contributed by atoms with E-state index >= 15 is 0 Å². The molecule has 0 aromatic carbocycles. The van der Waals surface area contributed by atoms with Crippen molar-refractivity contribution in [1.82, 2.24) is 5.32 Å². The summed E-state index contributed by atoms with van der Waals surface area (Å²) in [6, 6.07) is -0.910. The molecule has 2 saturated heterocycles. The van der Waals surface area contributed by atoms with E-state index in [0.29, 0.717) is 6.42 Å². The smallest absolute Gasteiger partial charge is 0.220 e. The van der Waals surface area contributed by atoms with Crippen molar-refractivity contribution in [2.24, 2.45) is 0 Å². The summed E-state index contributed by atoms with van der Waals surface area (Å²) < 4.78 is 22.7. The van der Waals surface area contributed by atoms with E-state index in [4.69, 9.17) is 18.9 Å². The molecule has 0 aliphatic carbocycles. The molecule has 0 radical (unpaired) electrons. The third kappa shape index (κ3) is 32.8. The zero-order chi connectivity index (χ0) is 54.6. The van der Waals surface area contributed by atoms with Gasteiger partial charge in [-0.1, -0.05) is 230 Å². The number of carbonyl (C=O) groups excluding carboxylic acids is 1. The van der Waals surface area contributed by atoms with E-state index in [-0.39, 0.29) is 18.9 Å². The lowest BCUT2D eigenvalue weighted by Crippen LogP contribution is -2.65. The Hall–Kier alpha value is -1.79. The highest BCUT2D eigenvalue weighted by Crippen LogP contribution is 2.30. The Morgan fingerprint density at radius 3 is 1.33 bits per heavy atom. The molecule has 12 unspecified atom stereocenters. The Labute approximate surface area is 455 Å². The molecule has 2 fully saturated rings. The van der Waals surface area contributed by atoms with E-state index in [1.807, 2.05) is 6.08 Å². The van der Waals surface area contributed by atoms with Gasteiger partial charge in [0.05, 0.1) is 32.0 Å². The fraction of sp³-hybridized carbons (Fsp3) is 0.885. The van der Waals surface area contributed by atoms with Gasteiger partial charge in [-0.05, 0) is 51.4 Å². The molecule has 12 atom stereocenters. The zero-order valence-corrected chi connectivity index (χ0v) is 47.3. The van der Waals surface area contributed by atoms with E-state index in [1.54, 1.807) is 6.08 Å². The first-order valence-corrected chi connectivity index (χ1v) is 30.7. The first kappa shape index (κ1) is 69.3. The molecule has 2 aliphatic heterocycles. The van der Waals surface area contributed by atoms with Crippen LogP contribution in [0.25, 0.3) is 0 Å². The highest BCUT2D eigenvalue weighted by molar-refractivity contribution is 5.76. The number of amides is 1. The third-order valence-corrected chi connectivity index (χ3v) is 15.1. The first-order chi connectivity index (χ1) is 36.6. The average molecular weight is 1070 g/mol. The van der Waals surface area contributed by atoms with Crippen LogP contribution in [0.15, 0.2) is 36.5 Å². The minimum atomic E-state index is -1.79. The number of nitrogens with one attached hydrogen (secondary N) is 1. The quantitative estimate of drug-likeness (QED) is 0.0204. The number of hydrogen-bond donors (Lipinski definition) is 9. The van der Waals surface area contributed by atoms with Gasteiger partial charge in [0.15, 0.2) is 12.6 Å². The minimum Gasteiger partial charge on any atom is -0.394 e. The molecule has 0 bridgehead atoms. The fourth-order valence-electron chi connectivity index (χ4n) is 10.1. The van der Waals surface area contributed by atoms with Gasteiger partial charge >= 0.3 is 0 Å². The topological polar surface area (TPSA) is 228 Å². The Morgan fingerprint density at radius 1 is 0.480 bits per heavy atom. The van der Waals surface area contributed by atoms with Gasteiger partial charge in [0.1, 0.15) is 48.8 Å². The highest BCUT2D eigenvalue weighted by Gasteiger charge is 2.51. The molecular formula is C61H113NO13. The summed E-state index contributed by atoms with van der Waals surface area (Å²) >= 11 is 0. The lowest BCUT2D eigenvalue weighted by atomic mass is 9.97. The van der Waals surface area contributed by atoms with E-state index in [1.165, 1.54) is 173 Å². The number of aliphatic hydroxyl groups excluding tert-OH is 8. The van der Waals surface area contributed by atoms with E-state index < -0.39 is 86.8 Å². The van der Waals surface area contributed by atoms with Crippen LogP contribution in [0, 0.1) is 0 Å². The lowest BCUT2D eigenvalue weighted by molar-refractivity contribution is -0.359. The van der Waals surface area contributed by atoms with Gasteiger partial charge in [-0.15, -0.1) is 0 Å². The van der Waals surface area contributed by atoms with Crippen molar-refractivity contribution < 1.29 is 64.6 Å². The second kappa shape index (κ2) is 47.1. The number of rotatable bonds is 49. The summed E-state index contributed by atoms with van der Waals surface area (Å²) in [5.41, 5.74) is 0. The van der Waals surface area contributed by atoms with Gasteiger partial charge in [-0.2, -0.15) is 0 Å². The van der Waals surface area contributed by atoms with Crippen LogP contribution >= 0.6 is 0 Å². The largest absolute Gasteiger partial charge is 0.394 e. The molecule has 75 heavy (non-hydrogen) atoms. The SMILES string of the molecule is CCCCCCC/C=C\C/C=C\CCCCCCCCCCCCCCCCCCCCCCCC(=O)NC(COC1OC(CO)C(OC2OC(CO)C(O)C(O)C2O)C(O)C1O)C(O)/C=C/CCCCCCCC. The molecule has 14 nitrogen and oxygen atoms in total. The Morgan fingerprint density at radius 2 is 0.880 bits per heavy atom. The van der Waals surface area contributed by atoms with Crippen molar-refractivity contribution in [2.45, 2.75) is 325 Å². The molecule has 2 aliphatic rings.